The van der Waals surface area contributed by atoms with Gasteiger partial charge in [0.05, 0.1) is 24.6 Å². The molecule has 0 bridgehead atoms. The topological polar surface area (TPSA) is 98.4 Å². The fraction of sp³-hybridized carbons (Fsp3) is 0.125. The van der Waals surface area contributed by atoms with E-state index in [1.54, 1.807) is 55.8 Å². The molecule has 4 rings (SSSR count). The Balaban J connectivity index is 1.53. The van der Waals surface area contributed by atoms with Crippen molar-refractivity contribution in [1.29, 1.82) is 0 Å². The summed E-state index contributed by atoms with van der Waals surface area (Å²) in [6, 6.07) is 16.2. The van der Waals surface area contributed by atoms with E-state index in [-0.39, 0.29) is 36.5 Å². The molecule has 2 aromatic carbocycles. The number of ether oxygens (including phenoxy) is 1. The second-order valence-electron chi connectivity index (χ2n) is 7.03. The summed E-state index contributed by atoms with van der Waals surface area (Å²) >= 11 is 0. The van der Waals surface area contributed by atoms with Crippen LogP contribution in [0.3, 0.4) is 0 Å². The minimum absolute atomic E-state index is 0.196. The van der Waals surface area contributed by atoms with Gasteiger partial charge in [-0.15, -0.1) is 0 Å². The normalized spacial score (nSPS) is 10.6. The van der Waals surface area contributed by atoms with E-state index in [1.807, 2.05) is 6.07 Å². The van der Waals surface area contributed by atoms with E-state index >= 15 is 0 Å². The highest BCUT2D eigenvalue weighted by Gasteiger charge is 2.19. The summed E-state index contributed by atoms with van der Waals surface area (Å²) in [5.41, 5.74) is 2.05. The summed E-state index contributed by atoms with van der Waals surface area (Å²) < 4.78 is 25.2. The van der Waals surface area contributed by atoms with E-state index < -0.39 is 0 Å². The molecule has 2 amide bonds. The molecule has 8 nitrogen and oxygen atoms in total. The zero-order valence-corrected chi connectivity index (χ0v) is 17.7. The van der Waals surface area contributed by atoms with Gasteiger partial charge in [-0.2, -0.15) is 5.10 Å². The van der Waals surface area contributed by atoms with E-state index in [2.05, 4.69) is 15.7 Å². The third-order valence-corrected chi connectivity index (χ3v) is 4.83. The molecule has 0 unspecified atom stereocenters. The first-order chi connectivity index (χ1) is 16.0. The van der Waals surface area contributed by atoms with E-state index in [4.69, 9.17) is 9.15 Å². The predicted octanol–water partition coefficient (Wildman–Crippen LogP) is 3.44. The summed E-state index contributed by atoms with van der Waals surface area (Å²) in [6.07, 6.45) is 2.99. The van der Waals surface area contributed by atoms with Crippen LogP contribution in [0.1, 0.15) is 20.9 Å². The molecule has 4 aromatic rings. The lowest BCUT2D eigenvalue weighted by atomic mass is 10.1. The molecule has 2 N–H and O–H groups in total. The number of halogens is 1. The average Bonchev–Trinajstić information content (AvgIpc) is 3.53. The lowest BCUT2D eigenvalue weighted by Gasteiger charge is -2.07. The molecule has 168 valence electrons. The molecule has 2 aromatic heterocycles. The lowest BCUT2D eigenvalue weighted by molar-refractivity contribution is 0.0911. The molecule has 2 heterocycles. The van der Waals surface area contributed by atoms with Crippen molar-refractivity contribution < 1.29 is 23.1 Å². The highest BCUT2D eigenvalue weighted by Crippen LogP contribution is 2.27. The maximum Gasteiger partial charge on any atom is 0.287 e. The number of methoxy groups -OCH3 is 1. The van der Waals surface area contributed by atoms with Crippen molar-refractivity contribution in [1.82, 2.24) is 20.4 Å². The molecule has 9 heteroatoms. The third kappa shape index (κ3) is 5.09. The van der Waals surface area contributed by atoms with E-state index in [9.17, 15) is 14.0 Å². The second kappa shape index (κ2) is 9.82. The number of aromatic nitrogens is 2. The molecule has 0 atom stereocenters. The van der Waals surface area contributed by atoms with Gasteiger partial charge < -0.3 is 19.8 Å². The van der Waals surface area contributed by atoms with Crippen LogP contribution in [-0.2, 0) is 0 Å². The highest BCUT2D eigenvalue weighted by molar-refractivity contribution is 6.00. The lowest BCUT2D eigenvalue weighted by Crippen LogP contribution is -2.34. The van der Waals surface area contributed by atoms with Crippen molar-refractivity contribution in [3.8, 4) is 22.7 Å². The molecular weight excluding hydrogens is 427 g/mol. The van der Waals surface area contributed by atoms with Crippen LogP contribution in [0, 0.1) is 5.82 Å². The van der Waals surface area contributed by atoms with Gasteiger partial charge in [0.1, 0.15) is 17.3 Å². The zero-order valence-electron chi connectivity index (χ0n) is 17.7. The molecule has 0 aliphatic heterocycles. The monoisotopic (exact) mass is 448 g/mol. The van der Waals surface area contributed by atoms with Crippen molar-refractivity contribution >= 4 is 11.8 Å². The van der Waals surface area contributed by atoms with Crippen LogP contribution in [-0.4, -0.2) is 41.8 Å². The van der Waals surface area contributed by atoms with Crippen molar-refractivity contribution in [3.05, 3.63) is 90.3 Å². The maximum atomic E-state index is 13.3. The van der Waals surface area contributed by atoms with E-state index in [0.717, 1.165) is 0 Å². The number of furan rings is 1. The minimum atomic E-state index is -0.367. The number of nitrogens with one attached hydrogen (secondary N) is 2. The zero-order chi connectivity index (χ0) is 23.2. The largest absolute Gasteiger partial charge is 0.497 e. The third-order valence-electron chi connectivity index (χ3n) is 4.83. The van der Waals surface area contributed by atoms with Crippen LogP contribution in [0.2, 0.25) is 0 Å². The number of hydrogen-bond acceptors (Lipinski definition) is 5. The van der Waals surface area contributed by atoms with Gasteiger partial charge in [0.2, 0.25) is 0 Å². The standard InChI is InChI=1S/C24H21FN4O4/c1-32-19-5-2-4-16(14-19)22-20(15-29(28-22)18-9-7-17(25)8-10-18)23(30)26-11-12-27-24(31)21-6-3-13-33-21/h2-10,13-15H,11-12H2,1H3,(H,26,30)(H,27,31). The Morgan fingerprint density at radius 3 is 2.48 bits per heavy atom. The van der Waals surface area contributed by atoms with E-state index in [1.165, 1.54) is 23.1 Å². The number of rotatable bonds is 8. The summed E-state index contributed by atoms with van der Waals surface area (Å²) in [5.74, 6) is -0.282. The Bertz CT molecular complexity index is 1250. The van der Waals surface area contributed by atoms with Gasteiger partial charge in [-0.3, -0.25) is 9.59 Å². The first-order valence-corrected chi connectivity index (χ1v) is 10.1. The van der Waals surface area contributed by atoms with Crippen LogP contribution in [0.25, 0.3) is 16.9 Å². The van der Waals surface area contributed by atoms with Crippen molar-refractivity contribution in [2.75, 3.05) is 20.2 Å². The molecule has 33 heavy (non-hydrogen) atoms. The molecule has 0 radical (unpaired) electrons. The van der Waals surface area contributed by atoms with Crippen LogP contribution in [0.5, 0.6) is 5.75 Å². The van der Waals surface area contributed by atoms with Crippen LogP contribution in [0.4, 0.5) is 4.39 Å². The molecule has 0 aliphatic carbocycles. The van der Waals surface area contributed by atoms with Gasteiger partial charge >= 0.3 is 0 Å². The Morgan fingerprint density at radius 2 is 1.79 bits per heavy atom. The summed E-state index contributed by atoms with van der Waals surface area (Å²) in [4.78, 5) is 24.9. The number of nitrogens with zero attached hydrogens (tertiary/aromatic N) is 2. The fourth-order valence-corrected chi connectivity index (χ4v) is 3.19. The summed E-state index contributed by atoms with van der Waals surface area (Å²) in [5, 5.41) is 10.0. The number of benzene rings is 2. The SMILES string of the molecule is COc1cccc(-c2nn(-c3ccc(F)cc3)cc2C(=O)NCCNC(=O)c2ccco2)c1. The molecular formula is C24H21FN4O4. The molecule has 0 spiro atoms. The van der Waals surface area contributed by atoms with Gasteiger partial charge in [0, 0.05) is 24.8 Å². The number of amides is 2. The first kappa shape index (κ1) is 21.8. The molecule has 0 saturated heterocycles. The van der Waals surface area contributed by atoms with Gasteiger partial charge in [0.15, 0.2) is 5.76 Å². The smallest absolute Gasteiger partial charge is 0.287 e. The van der Waals surface area contributed by atoms with Crippen LogP contribution in [0.15, 0.2) is 77.5 Å². The maximum absolute atomic E-state index is 13.3. The fourth-order valence-electron chi connectivity index (χ4n) is 3.19. The summed E-state index contributed by atoms with van der Waals surface area (Å²) in [7, 11) is 1.56. The van der Waals surface area contributed by atoms with Crippen molar-refractivity contribution in [2.45, 2.75) is 0 Å². The highest BCUT2D eigenvalue weighted by atomic mass is 19.1. The number of carbonyl (C=O) groups is 2. The van der Waals surface area contributed by atoms with Gasteiger partial charge in [-0.25, -0.2) is 9.07 Å². The Kier molecular flexibility index (Phi) is 6.49. The Hall–Kier alpha value is -4.40. The Morgan fingerprint density at radius 1 is 1.03 bits per heavy atom. The Labute approximate surface area is 189 Å². The molecule has 0 aliphatic rings. The molecule has 0 fully saturated rings. The number of carbonyl (C=O) groups excluding carboxylic acids is 2. The molecule has 0 saturated carbocycles. The number of hydrogen-bond donors (Lipinski definition) is 2. The van der Waals surface area contributed by atoms with Gasteiger partial charge in [0.25, 0.3) is 11.8 Å². The first-order valence-electron chi connectivity index (χ1n) is 10.1. The van der Waals surface area contributed by atoms with Crippen molar-refractivity contribution in [2.24, 2.45) is 0 Å². The minimum Gasteiger partial charge on any atom is -0.497 e. The summed E-state index contributed by atoms with van der Waals surface area (Å²) in [6.45, 7) is 0.413. The van der Waals surface area contributed by atoms with Crippen LogP contribution >= 0.6 is 0 Å². The van der Waals surface area contributed by atoms with Gasteiger partial charge in [-0.1, -0.05) is 12.1 Å². The van der Waals surface area contributed by atoms with Crippen LogP contribution < -0.4 is 15.4 Å². The quantitative estimate of drug-likeness (QED) is 0.403. The predicted molar refractivity (Wildman–Crippen MR) is 119 cm³/mol. The average molecular weight is 448 g/mol. The second-order valence-corrected chi connectivity index (χ2v) is 7.03. The van der Waals surface area contributed by atoms with Crippen molar-refractivity contribution in [3.63, 3.8) is 0 Å². The van der Waals surface area contributed by atoms with E-state index in [0.29, 0.717) is 28.3 Å². The van der Waals surface area contributed by atoms with Gasteiger partial charge in [-0.05, 0) is 48.5 Å².